The number of anilines is 4. The average molecular weight is 422 g/mol. The summed E-state index contributed by atoms with van der Waals surface area (Å²) in [5.74, 6) is 0.882. The second-order valence-electron chi connectivity index (χ2n) is 7.15. The normalized spacial score (nSPS) is 13.8. The van der Waals surface area contributed by atoms with Crippen LogP contribution < -0.4 is 20.4 Å². The molecule has 2 N–H and O–H groups in total. The van der Waals surface area contributed by atoms with Crippen molar-refractivity contribution in [2.75, 3.05) is 48.3 Å². The smallest absolute Gasteiger partial charge is 0.251 e. The van der Waals surface area contributed by atoms with E-state index in [9.17, 15) is 9.18 Å². The molecular formula is C21H23FN8O. The van der Waals surface area contributed by atoms with Crippen LogP contribution in [0.1, 0.15) is 16.1 Å². The Hall–Kier alpha value is -3.82. The number of nitrogens with zero attached hydrogens (tertiary/aromatic N) is 6. The lowest BCUT2D eigenvalue weighted by atomic mass is 10.2. The number of amides is 1. The molecule has 160 valence electrons. The van der Waals surface area contributed by atoms with Crippen molar-refractivity contribution in [3.05, 3.63) is 59.8 Å². The van der Waals surface area contributed by atoms with Crippen LogP contribution >= 0.6 is 0 Å². The molecule has 0 unspecified atom stereocenters. The number of hydrogen-bond donors (Lipinski definition) is 2. The monoisotopic (exact) mass is 422 g/mol. The maximum Gasteiger partial charge on any atom is 0.251 e. The Morgan fingerprint density at radius 2 is 1.81 bits per heavy atom. The van der Waals surface area contributed by atoms with E-state index in [2.05, 4.69) is 40.4 Å². The topological polar surface area (TPSA) is 99.2 Å². The maximum absolute atomic E-state index is 13.9. The van der Waals surface area contributed by atoms with E-state index >= 15 is 0 Å². The summed E-state index contributed by atoms with van der Waals surface area (Å²) in [6.45, 7) is 5.05. The number of rotatable bonds is 5. The van der Waals surface area contributed by atoms with Gasteiger partial charge in [-0.1, -0.05) is 6.07 Å². The van der Waals surface area contributed by atoms with Gasteiger partial charge in [0.2, 0.25) is 11.9 Å². The Bertz CT molecular complexity index is 1080. The van der Waals surface area contributed by atoms with Crippen LogP contribution in [0.25, 0.3) is 0 Å². The van der Waals surface area contributed by atoms with E-state index < -0.39 is 5.82 Å². The molecule has 0 saturated carbocycles. The molecule has 3 heterocycles. The fourth-order valence-electron chi connectivity index (χ4n) is 3.41. The molecule has 0 bridgehead atoms. The first kappa shape index (κ1) is 20.5. The van der Waals surface area contributed by atoms with Crippen LogP contribution in [0, 0.1) is 12.7 Å². The highest BCUT2D eigenvalue weighted by molar-refractivity contribution is 5.95. The van der Waals surface area contributed by atoms with Gasteiger partial charge in [0, 0.05) is 50.2 Å². The van der Waals surface area contributed by atoms with Crippen molar-refractivity contribution in [2.45, 2.75) is 6.92 Å². The van der Waals surface area contributed by atoms with Gasteiger partial charge in [-0.25, -0.2) is 19.3 Å². The van der Waals surface area contributed by atoms with Crippen LogP contribution in [0.3, 0.4) is 0 Å². The van der Waals surface area contributed by atoms with E-state index in [0.717, 1.165) is 37.7 Å². The van der Waals surface area contributed by atoms with Gasteiger partial charge in [0.1, 0.15) is 18.0 Å². The molecule has 0 radical (unpaired) electrons. The van der Waals surface area contributed by atoms with Gasteiger partial charge in [0.15, 0.2) is 0 Å². The van der Waals surface area contributed by atoms with Crippen LogP contribution in [0.5, 0.6) is 0 Å². The van der Waals surface area contributed by atoms with Gasteiger partial charge >= 0.3 is 0 Å². The number of hydrogen-bond acceptors (Lipinski definition) is 8. The standard InChI is InChI=1S/C21H23FN8O/c1-14-4-3-5-18(26-14)29-6-8-30(9-7-29)21-25-13-24-20(28-21)27-17-11-15(19(31)23-2)10-16(22)12-17/h3-5,10-13H,6-9H2,1-2H3,(H,23,31)(H,24,25,27,28). The Morgan fingerprint density at radius 3 is 2.55 bits per heavy atom. The van der Waals surface area contributed by atoms with Gasteiger partial charge in [0.05, 0.1) is 0 Å². The van der Waals surface area contributed by atoms with Crippen LogP contribution in [-0.2, 0) is 0 Å². The zero-order valence-corrected chi connectivity index (χ0v) is 17.3. The molecule has 10 heteroatoms. The van der Waals surface area contributed by atoms with Gasteiger partial charge < -0.3 is 20.4 Å². The van der Waals surface area contributed by atoms with Gasteiger partial charge in [-0.05, 0) is 37.3 Å². The average Bonchev–Trinajstić information content (AvgIpc) is 2.78. The first-order chi connectivity index (χ1) is 15.0. The van der Waals surface area contributed by atoms with Crippen molar-refractivity contribution < 1.29 is 9.18 Å². The molecule has 1 amide bonds. The highest BCUT2D eigenvalue weighted by Gasteiger charge is 2.20. The summed E-state index contributed by atoms with van der Waals surface area (Å²) in [4.78, 5) is 33.6. The summed E-state index contributed by atoms with van der Waals surface area (Å²) >= 11 is 0. The third kappa shape index (κ3) is 4.85. The fourth-order valence-corrected chi connectivity index (χ4v) is 3.41. The summed E-state index contributed by atoms with van der Waals surface area (Å²) in [5.41, 5.74) is 1.58. The lowest BCUT2D eigenvalue weighted by Gasteiger charge is -2.35. The zero-order valence-electron chi connectivity index (χ0n) is 17.3. The molecule has 1 aliphatic rings. The lowest BCUT2D eigenvalue weighted by molar-refractivity contribution is 0.0962. The summed E-state index contributed by atoms with van der Waals surface area (Å²) in [5, 5.41) is 5.44. The van der Waals surface area contributed by atoms with Crippen LogP contribution in [0.15, 0.2) is 42.7 Å². The SMILES string of the molecule is CNC(=O)c1cc(F)cc(Nc2ncnc(N3CCN(c4cccc(C)n4)CC3)n2)c1. The minimum absolute atomic E-state index is 0.208. The van der Waals surface area contributed by atoms with E-state index in [0.29, 0.717) is 11.6 Å². The van der Waals surface area contributed by atoms with Gasteiger partial charge in [-0.3, -0.25) is 4.79 Å². The number of halogens is 1. The summed E-state index contributed by atoms with van der Waals surface area (Å²) in [6.07, 6.45) is 1.41. The number of carbonyl (C=O) groups is 1. The van der Waals surface area contributed by atoms with Gasteiger partial charge in [-0.15, -0.1) is 0 Å². The third-order valence-corrected chi connectivity index (χ3v) is 4.96. The molecule has 1 aliphatic heterocycles. The van der Waals surface area contributed by atoms with E-state index in [1.54, 1.807) is 6.07 Å². The molecule has 1 fully saturated rings. The van der Waals surface area contributed by atoms with Crippen molar-refractivity contribution in [3.8, 4) is 0 Å². The van der Waals surface area contributed by atoms with E-state index in [-0.39, 0.29) is 17.4 Å². The molecule has 0 atom stereocenters. The van der Waals surface area contributed by atoms with Crippen molar-refractivity contribution >= 4 is 29.3 Å². The number of piperazine rings is 1. The molecule has 2 aromatic heterocycles. The second kappa shape index (κ2) is 8.90. The number of aryl methyl sites for hydroxylation is 1. The number of pyridine rings is 1. The fraction of sp³-hybridized carbons (Fsp3) is 0.286. The van der Waals surface area contributed by atoms with Crippen molar-refractivity contribution in [3.63, 3.8) is 0 Å². The van der Waals surface area contributed by atoms with Crippen molar-refractivity contribution in [1.82, 2.24) is 25.3 Å². The predicted molar refractivity (Wildman–Crippen MR) is 116 cm³/mol. The Kier molecular flexibility index (Phi) is 5.87. The van der Waals surface area contributed by atoms with Gasteiger partial charge in [0.25, 0.3) is 5.91 Å². The highest BCUT2D eigenvalue weighted by atomic mass is 19.1. The molecule has 0 aliphatic carbocycles. The Morgan fingerprint density at radius 1 is 1.03 bits per heavy atom. The predicted octanol–water partition coefficient (Wildman–Crippen LogP) is 2.14. The third-order valence-electron chi connectivity index (χ3n) is 4.96. The molecular weight excluding hydrogens is 399 g/mol. The molecule has 9 nitrogen and oxygen atoms in total. The molecule has 3 aromatic rings. The minimum Gasteiger partial charge on any atom is -0.355 e. The van der Waals surface area contributed by atoms with E-state index in [1.807, 2.05) is 25.1 Å². The Labute approximate surface area is 179 Å². The largest absolute Gasteiger partial charge is 0.355 e. The summed E-state index contributed by atoms with van der Waals surface area (Å²) in [7, 11) is 1.49. The lowest BCUT2D eigenvalue weighted by Crippen LogP contribution is -2.47. The molecule has 31 heavy (non-hydrogen) atoms. The minimum atomic E-state index is -0.529. The summed E-state index contributed by atoms with van der Waals surface area (Å²) < 4.78 is 13.9. The first-order valence-corrected chi connectivity index (χ1v) is 9.94. The first-order valence-electron chi connectivity index (χ1n) is 9.94. The quantitative estimate of drug-likeness (QED) is 0.645. The number of aromatic nitrogens is 4. The van der Waals surface area contributed by atoms with E-state index in [4.69, 9.17) is 0 Å². The van der Waals surface area contributed by atoms with Crippen molar-refractivity contribution in [1.29, 1.82) is 0 Å². The van der Waals surface area contributed by atoms with Gasteiger partial charge in [-0.2, -0.15) is 4.98 Å². The second-order valence-corrected chi connectivity index (χ2v) is 7.15. The number of nitrogens with one attached hydrogen (secondary N) is 2. The van der Waals surface area contributed by atoms with Crippen LogP contribution in [-0.4, -0.2) is 59.1 Å². The molecule has 1 aromatic carbocycles. The highest BCUT2D eigenvalue weighted by Crippen LogP contribution is 2.20. The number of benzene rings is 1. The molecule has 1 saturated heterocycles. The Balaban J connectivity index is 1.45. The van der Waals surface area contributed by atoms with Crippen LogP contribution in [0.4, 0.5) is 27.8 Å². The van der Waals surface area contributed by atoms with Crippen LogP contribution in [0.2, 0.25) is 0 Å². The van der Waals surface area contributed by atoms with E-state index in [1.165, 1.54) is 25.5 Å². The summed E-state index contributed by atoms with van der Waals surface area (Å²) in [6, 6.07) is 10.00. The number of carbonyl (C=O) groups excluding carboxylic acids is 1. The molecule has 4 rings (SSSR count). The zero-order chi connectivity index (χ0) is 21.8. The maximum atomic E-state index is 13.9. The van der Waals surface area contributed by atoms with Crippen molar-refractivity contribution in [2.24, 2.45) is 0 Å². The molecule has 0 spiro atoms.